The Balaban J connectivity index is 2.29. The number of carbonyl (C=O) groups is 1. The van der Waals surface area contributed by atoms with E-state index in [1.165, 1.54) is 18.2 Å². The molecule has 2 aromatic rings. The van der Waals surface area contributed by atoms with Gasteiger partial charge in [0.2, 0.25) is 5.56 Å². The monoisotopic (exact) mass is 349 g/mol. The van der Waals surface area contributed by atoms with Gasteiger partial charge in [0.25, 0.3) is 15.9 Å². The molecule has 1 heterocycles. The number of nitrogens with one attached hydrogen (secondary N) is 3. The number of pyridine rings is 1. The minimum Gasteiger partial charge on any atom is -0.388 e. The van der Waals surface area contributed by atoms with E-state index in [0.717, 1.165) is 12.5 Å². The summed E-state index contributed by atoms with van der Waals surface area (Å²) in [6, 6.07) is 8.63. The lowest BCUT2D eigenvalue weighted by molar-refractivity contribution is 0.0981. The van der Waals surface area contributed by atoms with Gasteiger partial charge in [0.15, 0.2) is 0 Å². The minimum atomic E-state index is -4.03. The minimum absolute atomic E-state index is 0.00976. The first-order valence-corrected chi connectivity index (χ1v) is 8.92. The predicted octanol–water partition coefficient (Wildman–Crippen LogP) is 1.49. The van der Waals surface area contributed by atoms with Gasteiger partial charge in [-0.15, -0.1) is 0 Å². The van der Waals surface area contributed by atoms with Crippen molar-refractivity contribution in [1.82, 2.24) is 9.71 Å². The van der Waals surface area contributed by atoms with Crippen LogP contribution in [0, 0.1) is 0 Å². The van der Waals surface area contributed by atoms with Gasteiger partial charge in [-0.1, -0.05) is 19.4 Å². The van der Waals surface area contributed by atoms with E-state index < -0.39 is 21.5 Å². The van der Waals surface area contributed by atoms with Crippen molar-refractivity contribution >= 4 is 21.6 Å². The number of sulfonamides is 1. The van der Waals surface area contributed by atoms with Crippen molar-refractivity contribution < 1.29 is 13.2 Å². The number of amides is 1. The predicted molar refractivity (Wildman–Crippen MR) is 91.7 cm³/mol. The third kappa shape index (κ3) is 4.23. The molecule has 0 fully saturated rings. The number of aromatic nitrogens is 1. The number of carbonyl (C=O) groups excluding carboxylic acids is 1. The SMILES string of the molecule is CCCc1cc(C(=O)NS(=O)(=O)c2cccc(NC)c2)cc(=O)[nH]1. The maximum Gasteiger partial charge on any atom is 0.265 e. The Kier molecular flexibility index (Phi) is 5.40. The fourth-order valence-electron chi connectivity index (χ4n) is 2.19. The van der Waals surface area contributed by atoms with Crippen molar-refractivity contribution in [3.8, 4) is 0 Å². The molecule has 24 heavy (non-hydrogen) atoms. The quantitative estimate of drug-likeness (QED) is 0.732. The van der Waals surface area contributed by atoms with Crippen LogP contribution >= 0.6 is 0 Å². The van der Waals surface area contributed by atoms with Crippen molar-refractivity contribution in [2.24, 2.45) is 0 Å². The fourth-order valence-corrected chi connectivity index (χ4v) is 3.21. The van der Waals surface area contributed by atoms with Crippen LogP contribution in [0.15, 0.2) is 46.1 Å². The zero-order valence-corrected chi connectivity index (χ0v) is 14.2. The van der Waals surface area contributed by atoms with E-state index in [9.17, 15) is 18.0 Å². The lowest BCUT2D eigenvalue weighted by Gasteiger charge is -2.09. The van der Waals surface area contributed by atoms with Crippen LogP contribution in [0.4, 0.5) is 5.69 Å². The summed E-state index contributed by atoms with van der Waals surface area (Å²) in [4.78, 5) is 26.4. The molecule has 0 saturated heterocycles. The zero-order chi connectivity index (χ0) is 17.7. The Hall–Kier alpha value is -2.61. The maximum atomic E-state index is 12.3. The molecule has 0 aliphatic rings. The number of aryl methyl sites for hydroxylation is 1. The molecular formula is C16H19N3O4S. The number of rotatable bonds is 6. The fraction of sp³-hybridized carbons (Fsp3) is 0.250. The van der Waals surface area contributed by atoms with Gasteiger partial charge in [-0.2, -0.15) is 0 Å². The number of anilines is 1. The van der Waals surface area contributed by atoms with Gasteiger partial charge in [-0.25, -0.2) is 13.1 Å². The third-order valence-corrected chi connectivity index (χ3v) is 4.67. The Morgan fingerprint density at radius 2 is 1.96 bits per heavy atom. The lowest BCUT2D eigenvalue weighted by Crippen LogP contribution is -2.31. The van der Waals surface area contributed by atoms with Crippen LogP contribution in [0.3, 0.4) is 0 Å². The Morgan fingerprint density at radius 3 is 2.62 bits per heavy atom. The summed E-state index contributed by atoms with van der Waals surface area (Å²) in [5.74, 6) is -0.840. The first-order chi connectivity index (χ1) is 11.4. The zero-order valence-electron chi connectivity index (χ0n) is 13.4. The third-order valence-electron chi connectivity index (χ3n) is 3.34. The van der Waals surface area contributed by atoms with Crippen molar-refractivity contribution in [2.75, 3.05) is 12.4 Å². The topological polar surface area (TPSA) is 108 Å². The van der Waals surface area contributed by atoms with Gasteiger partial charge in [0.1, 0.15) is 0 Å². The summed E-state index contributed by atoms with van der Waals surface area (Å²) in [5, 5.41) is 2.83. The Bertz CT molecular complexity index is 904. The van der Waals surface area contributed by atoms with Gasteiger partial charge in [-0.05, 0) is 30.7 Å². The summed E-state index contributed by atoms with van der Waals surface area (Å²) >= 11 is 0. The van der Waals surface area contributed by atoms with Crippen molar-refractivity contribution in [2.45, 2.75) is 24.7 Å². The van der Waals surface area contributed by atoms with Gasteiger partial charge >= 0.3 is 0 Å². The molecule has 1 aromatic heterocycles. The first kappa shape index (κ1) is 17.7. The molecule has 8 heteroatoms. The van der Waals surface area contributed by atoms with Crippen molar-refractivity contribution in [1.29, 1.82) is 0 Å². The molecule has 0 aliphatic carbocycles. The molecule has 3 N–H and O–H groups in total. The van der Waals surface area contributed by atoms with Gasteiger partial charge in [0.05, 0.1) is 4.90 Å². The first-order valence-electron chi connectivity index (χ1n) is 7.44. The maximum absolute atomic E-state index is 12.3. The molecule has 128 valence electrons. The molecule has 0 saturated carbocycles. The average Bonchev–Trinajstić information content (AvgIpc) is 2.54. The molecule has 0 unspecified atom stereocenters. The molecule has 1 amide bonds. The van der Waals surface area contributed by atoms with E-state index in [0.29, 0.717) is 17.8 Å². The van der Waals surface area contributed by atoms with Crippen LogP contribution in [0.1, 0.15) is 29.4 Å². The second-order valence-corrected chi connectivity index (χ2v) is 6.90. The second-order valence-electron chi connectivity index (χ2n) is 5.22. The van der Waals surface area contributed by atoms with Crippen LogP contribution in [0.5, 0.6) is 0 Å². The number of H-pyrrole nitrogens is 1. The van der Waals surface area contributed by atoms with Crippen LogP contribution in [0.2, 0.25) is 0 Å². The van der Waals surface area contributed by atoms with E-state index in [1.807, 2.05) is 11.6 Å². The molecular weight excluding hydrogens is 330 g/mol. The van der Waals surface area contributed by atoms with Gasteiger partial charge < -0.3 is 10.3 Å². The van der Waals surface area contributed by atoms with E-state index in [1.54, 1.807) is 19.2 Å². The van der Waals surface area contributed by atoms with Gasteiger partial charge in [0, 0.05) is 30.1 Å². The Morgan fingerprint density at radius 1 is 1.21 bits per heavy atom. The number of benzene rings is 1. The highest BCUT2D eigenvalue weighted by atomic mass is 32.2. The van der Waals surface area contributed by atoms with Gasteiger partial charge in [-0.3, -0.25) is 9.59 Å². The molecule has 0 bridgehead atoms. The molecule has 7 nitrogen and oxygen atoms in total. The summed E-state index contributed by atoms with van der Waals surface area (Å²) < 4.78 is 26.7. The highest BCUT2D eigenvalue weighted by Gasteiger charge is 2.19. The molecule has 2 rings (SSSR count). The highest BCUT2D eigenvalue weighted by Crippen LogP contribution is 2.15. The number of hydrogen-bond donors (Lipinski definition) is 3. The van der Waals surface area contributed by atoms with Crippen molar-refractivity contribution in [3.05, 3.63) is 58.0 Å². The van der Waals surface area contributed by atoms with E-state index in [-0.39, 0.29) is 10.5 Å². The summed E-state index contributed by atoms with van der Waals surface area (Å²) in [6.07, 6.45) is 1.38. The van der Waals surface area contributed by atoms with E-state index in [4.69, 9.17) is 0 Å². The largest absolute Gasteiger partial charge is 0.388 e. The molecule has 0 atom stereocenters. The van der Waals surface area contributed by atoms with Crippen LogP contribution < -0.4 is 15.6 Å². The van der Waals surface area contributed by atoms with Crippen molar-refractivity contribution in [3.63, 3.8) is 0 Å². The highest BCUT2D eigenvalue weighted by molar-refractivity contribution is 7.90. The van der Waals surface area contributed by atoms with E-state index >= 15 is 0 Å². The second kappa shape index (κ2) is 7.31. The smallest absolute Gasteiger partial charge is 0.265 e. The average molecular weight is 349 g/mol. The van der Waals surface area contributed by atoms with Crippen LogP contribution in [-0.2, 0) is 16.4 Å². The molecule has 1 aromatic carbocycles. The summed E-state index contributed by atoms with van der Waals surface area (Å²) in [5.41, 5.74) is 0.757. The standard InChI is InChI=1S/C16H19N3O4S/c1-3-5-13-8-11(9-15(20)18-13)16(21)19-24(22,23)14-7-4-6-12(10-14)17-2/h4,6-10,17H,3,5H2,1-2H3,(H,18,20)(H,19,21). The number of hydrogen-bond acceptors (Lipinski definition) is 5. The number of aromatic amines is 1. The molecule has 0 radical (unpaired) electrons. The lowest BCUT2D eigenvalue weighted by atomic mass is 10.1. The Labute approximate surface area is 140 Å². The summed E-state index contributed by atoms with van der Waals surface area (Å²) in [7, 11) is -2.37. The normalized spacial score (nSPS) is 11.1. The summed E-state index contributed by atoms with van der Waals surface area (Å²) in [6.45, 7) is 1.93. The molecule has 0 aliphatic heterocycles. The molecule has 0 spiro atoms. The van der Waals surface area contributed by atoms with Crippen LogP contribution in [-0.4, -0.2) is 26.4 Å². The van der Waals surface area contributed by atoms with E-state index in [2.05, 4.69) is 10.3 Å². The van der Waals surface area contributed by atoms with Crippen LogP contribution in [0.25, 0.3) is 0 Å².